The van der Waals surface area contributed by atoms with Gasteiger partial charge in [-0.15, -0.1) is 0 Å². The lowest BCUT2D eigenvalue weighted by molar-refractivity contribution is 0.484. The molecule has 0 aromatic carbocycles. The van der Waals surface area contributed by atoms with Gasteiger partial charge in [-0.25, -0.2) is 8.51 Å². The fourth-order valence-electron chi connectivity index (χ4n) is 0.902. The van der Waals surface area contributed by atoms with E-state index in [0.717, 1.165) is 18.8 Å². The average Bonchev–Trinajstić information content (AvgIpc) is 1.88. The highest BCUT2D eigenvalue weighted by atomic mass is 32.2. The van der Waals surface area contributed by atoms with E-state index in [1.54, 1.807) is 0 Å². The summed E-state index contributed by atoms with van der Waals surface area (Å²) in [5, 5.41) is 0. The van der Waals surface area contributed by atoms with Crippen molar-refractivity contribution in [2.45, 2.75) is 27.7 Å². The van der Waals surface area contributed by atoms with Crippen LogP contribution in [0, 0.1) is 5.92 Å². The molecule has 0 aliphatic heterocycles. The highest BCUT2D eigenvalue weighted by Gasteiger charge is 2.09. The molecule has 0 aliphatic rings. The van der Waals surface area contributed by atoms with Gasteiger partial charge >= 0.3 is 0 Å². The molecular formula is C8H19NOS. The summed E-state index contributed by atoms with van der Waals surface area (Å²) >= 11 is 0. The van der Waals surface area contributed by atoms with Crippen LogP contribution in [0.5, 0.6) is 0 Å². The standard InChI is InChI=1S/C8H19NOS/c1-5-9(6-2)11(10)7-8(3)4/h8H,5-7H2,1-4H3/t11-/m1/s1. The summed E-state index contributed by atoms with van der Waals surface area (Å²) in [5.41, 5.74) is 0. The quantitative estimate of drug-likeness (QED) is 0.625. The van der Waals surface area contributed by atoms with E-state index in [2.05, 4.69) is 13.8 Å². The van der Waals surface area contributed by atoms with Crippen LogP contribution < -0.4 is 0 Å². The summed E-state index contributed by atoms with van der Waals surface area (Å²) in [5.74, 6) is 1.32. The van der Waals surface area contributed by atoms with Gasteiger partial charge in [0.1, 0.15) is 0 Å². The first-order valence-electron chi connectivity index (χ1n) is 4.25. The van der Waals surface area contributed by atoms with Crippen molar-refractivity contribution in [1.82, 2.24) is 4.31 Å². The van der Waals surface area contributed by atoms with Crippen LogP contribution in [-0.2, 0) is 11.0 Å². The van der Waals surface area contributed by atoms with Crippen molar-refractivity contribution in [3.8, 4) is 0 Å². The second kappa shape index (κ2) is 5.72. The van der Waals surface area contributed by atoms with Crippen LogP contribution in [0.4, 0.5) is 0 Å². The highest BCUT2D eigenvalue weighted by Crippen LogP contribution is 2.01. The van der Waals surface area contributed by atoms with Crippen molar-refractivity contribution in [2.24, 2.45) is 5.92 Å². The molecule has 1 atom stereocenters. The Kier molecular flexibility index (Phi) is 5.78. The van der Waals surface area contributed by atoms with Gasteiger partial charge in [0, 0.05) is 18.8 Å². The first-order chi connectivity index (χ1) is 5.11. The minimum atomic E-state index is -0.755. The first kappa shape index (κ1) is 11.1. The minimum Gasteiger partial charge on any atom is -0.243 e. The number of hydrogen-bond donors (Lipinski definition) is 0. The summed E-state index contributed by atoms with van der Waals surface area (Å²) in [4.78, 5) is 0. The van der Waals surface area contributed by atoms with Crippen LogP contribution in [0.25, 0.3) is 0 Å². The van der Waals surface area contributed by atoms with E-state index in [-0.39, 0.29) is 0 Å². The molecule has 0 bridgehead atoms. The van der Waals surface area contributed by atoms with Crippen molar-refractivity contribution >= 4 is 11.0 Å². The molecule has 0 aliphatic carbocycles. The maximum atomic E-state index is 11.5. The number of rotatable bonds is 5. The maximum absolute atomic E-state index is 11.5. The lowest BCUT2D eigenvalue weighted by atomic mass is 10.3. The van der Waals surface area contributed by atoms with Crippen LogP contribution in [-0.4, -0.2) is 27.4 Å². The molecule has 0 rings (SSSR count). The van der Waals surface area contributed by atoms with Gasteiger partial charge in [0.2, 0.25) is 0 Å². The van der Waals surface area contributed by atoms with Crippen molar-refractivity contribution in [1.29, 1.82) is 0 Å². The molecule has 0 saturated carbocycles. The van der Waals surface area contributed by atoms with Gasteiger partial charge < -0.3 is 0 Å². The lowest BCUT2D eigenvalue weighted by Gasteiger charge is -2.17. The van der Waals surface area contributed by atoms with Crippen molar-refractivity contribution in [2.75, 3.05) is 18.8 Å². The first-order valence-corrected chi connectivity index (χ1v) is 5.52. The molecular weight excluding hydrogens is 158 g/mol. The Hall–Kier alpha value is 0.110. The largest absolute Gasteiger partial charge is 0.243 e. The third-order valence-electron chi connectivity index (χ3n) is 1.47. The second-order valence-corrected chi connectivity index (χ2v) is 4.49. The molecule has 0 saturated heterocycles. The van der Waals surface area contributed by atoms with Gasteiger partial charge in [-0.1, -0.05) is 27.7 Å². The van der Waals surface area contributed by atoms with Gasteiger partial charge in [-0.3, -0.25) is 0 Å². The Morgan fingerprint density at radius 2 is 1.73 bits per heavy atom. The fraction of sp³-hybridized carbons (Fsp3) is 1.00. The summed E-state index contributed by atoms with van der Waals surface area (Å²) < 4.78 is 13.4. The third-order valence-corrected chi connectivity index (χ3v) is 3.51. The van der Waals surface area contributed by atoms with E-state index in [0.29, 0.717) is 5.92 Å². The minimum absolute atomic E-state index is 0.524. The smallest absolute Gasteiger partial charge is 0.0944 e. The van der Waals surface area contributed by atoms with E-state index >= 15 is 0 Å². The summed E-state index contributed by atoms with van der Waals surface area (Å²) in [6, 6.07) is 0. The monoisotopic (exact) mass is 177 g/mol. The van der Waals surface area contributed by atoms with E-state index in [1.807, 2.05) is 18.2 Å². The molecule has 11 heavy (non-hydrogen) atoms. The van der Waals surface area contributed by atoms with E-state index in [9.17, 15) is 4.21 Å². The van der Waals surface area contributed by atoms with E-state index < -0.39 is 11.0 Å². The Morgan fingerprint density at radius 3 is 2.00 bits per heavy atom. The summed E-state index contributed by atoms with van der Waals surface area (Å²) in [6.07, 6.45) is 0. The fourth-order valence-corrected chi connectivity index (χ4v) is 2.26. The molecule has 0 N–H and O–H groups in total. The molecule has 0 heterocycles. The molecule has 0 aromatic heterocycles. The van der Waals surface area contributed by atoms with Gasteiger partial charge in [0.25, 0.3) is 0 Å². The highest BCUT2D eigenvalue weighted by molar-refractivity contribution is 7.82. The molecule has 0 radical (unpaired) electrons. The Bertz CT molecular complexity index is 121. The topological polar surface area (TPSA) is 20.3 Å². The van der Waals surface area contributed by atoms with Crippen LogP contribution in [0.15, 0.2) is 0 Å². The van der Waals surface area contributed by atoms with E-state index in [1.165, 1.54) is 0 Å². The zero-order valence-corrected chi connectivity index (χ0v) is 8.78. The molecule has 2 nitrogen and oxygen atoms in total. The lowest BCUT2D eigenvalue weighted by Crippen LogP contribution is -2.28. The Labute approximate surface area is 72.6 Å². The SMILES string of the molecule is CCN(CC)[S@](=O)CC(C)C. The van der Waals surface area contributed by atoms with E-state index in [4.69, 9.17) is 0 Å². The van der Waals surface area contributed by atoms with Gasteiger partial charge in [-0.2, -0.15) is 0 Å². The zero-order chi connectivity index (χ0) is 8.85. The van der Waals surface area contributed by atoms with Crippen LogP contribution >= 0.6 is 0 Å². The molecule has 0 amide bonds. The van der Waals surface area contributed by atoms with Crippen molar-refractivity contribution in [3.05, 3.63) is 0 Å². The van der Waals surface area contributed by atoms with Crippen molar-refractivity contribution < 1.29 is 4.21 Å². The summed E-state index contributed by atoms with van der Waals surface area (Å²) in [7, 11) is -0.755. The maximum Gasteiger partial charge on any atom is 0.0944 e. The number of nitrogens with zero attached hydrogens (tertiary/aromatic N) is 1. The predicted molar refractivity (Wildman–Crippen MR) is 50.8 cm³/mol. The second-order valence-electron chi connectivity index (χ2n) is 3.00. The van der Waals surface area contributed by atoms with Crippen LogP contribution in [0.2, 0.25) is 0 Å². The molecule has 68 valence electrons. The Morgan fingerprint density at radius 1 is 1.27 bits per heavy atom. The molecule has 0 unspecified atom stereocenters. The van der Waals surface area contributed by atoms with Crippen LogP contribution in [0.3, 0.4) is 0 Å². The van der Waals surface area contributed by atoms with Crippen LogP contribution in [0.1, 0.15) is 27.7 Å². The zero-order valence-electron chi connectivity index (χ0n) is 7.96. The molecule has 3 heteroatoms. The number of hydrogen-bond acceptors (Lipinski definition) is 1. The Balaban J connectivity index is 3.79. The summed E-state index contributed by atoms with van der Waals surface area (Å²) in [6.45, 7) is 10.1. The molecule has 0 aromatic rings. The average molecular weight is 177 g/mol. The molecule has 0 fully saturated rings. The molecule has 0 spiro atoms. The predicted octanol–water partition coefficient (Wildman–Crippen LogP) is 1.65. The third kappa shape index (κ3) is 4.53. The van der Waals surface area contributed by atoms with Gasteiger partial charge in [0.15, 0.2) is 0 Å². The van der Waals surface area contributed by atoms with Gasteiger partial charge in [-0.05, 0) is 5.92 Å². The normalized spacial score (nSPS) is 14.4. The van der Waals surface area contributed by atoms with Crippen molar-refractivity contribution in [3.63, 3.8) is 0 Å². The van der Waals surface area contributed by atoms with Gasteiger partial charge in [0.05, 0.1) is 11.0 Å².